The molecule has 1 aliphatic carbocycles. The fourth-order valence-electron chi connectivity index (χ4n) is 2.88. The second-order valence-corrected chi connectivity index (χ2v) is 6.26. The molecule has 0 heteroatoms. The summed E-state index contributed by atoms with van der Waals surface area (Å²) in [5, 5.41) is 0. The van der Waals surface area contributed by atoms with E-state index in [9.17, 15) is 0 Å². The van der Waals surface area contributed by atoms with Crippen LogP contribution in [0.2, 0.25) is 0 Å². The van der Waals surface area contributed by atoms with Gasteiger partial charge in [0.15, 0.2) is 0 Å². The van der Waals surface area contributed by atoms with E-state index < -0.39 is 0 Å². The first-order chi connectivity index (χ1) is 8.95. The number of allylic oxidation sites excluding steroid dienone is 7. The molecule has 0 heterocycles. The highest BCUT2D eigenvalue weighted by molar-refractivity contribution is 5.49. The standard InChI is InChI=1S/C19H30/c1-7-8-17-11-10-16(6)19(13-17)18(15(4)5)12-9-14(2)3/h9,12,17H,4,7-8,10-11,13H2,1-3,5-6H3. The Hall–Kier alpha value is -1.04. The lowest BCUT2D eigenvalue weighted by molar-refractivity contribution is 0.422. The summed E-state index contributed by atoms with van der Waals surface area (Å²) in [7, 11) is 0. The van der Waals surface area contributed by atoms with Gasteiger partial charge in [0.1, 0.15) is 0 Å². The van der Waals surface area contributed by atoms with Crippen LogP contribution in [0.5, 0.6) is 0 Å². The van der Waals surface area contributed by atoms with Gasteiger partial charge in [-0.3, -0.25) is 0 Å². The van der Waals surface area contributed by atoms with Crippen molar-refractivity contribution in [1.82, 2.24) is 0 Å². The van der Waals surface area contributed by atoms with Gasteiger partial charge in [0.25, 0.3) is 0 Å². The van der Waals surface area contributed by atoms with Gasteiger partial charge in [-0.1, -0.05) is 55.2 Å². The smallest absolute Gasteiger partial charge is 0.0202 e. The lowest BCUT2D eigenvalue weighted by atomic mass is 9.78. The zero-order chi connectivity index (χ0) is 14.4. The summed E-state index contributed by atoms with van der Waals surface area (Å²) in [5.41, 5.74) is 7.06. The van der Waals surface area contributed by atoms with Crippen LogP contribution in [0.4, 0.5) is 0 Å². The Kier molecular flexibility index (Phi) is 6.34. The first-order valence-electron chi connectivity index (χ1n) is 7.65. The van der Waals surface area contributed by atoms with E-state index in [1.54, 1.807) is 11.1 Å². The van der Waals surface area contributed by atoms with Gasteiger partial charge < -0.3 is 0 Å². The highest BCUT2D eigenvalue weighted by atomic mass is 14.3. The summed E-state index contributed by atoms with van der Waals surface area (Å²) in [6.45, 7) is 15.2. The highest BCUT2D eigenvalue weighted by Crippen LogP contribution is 2.37. The van der Waals surface area contributed by atoms with Crippen LogP contribution in [0.25, 0.3) is 0 Å². The third kappa shape index (κ3) is 4.86. The number of hydrogen-bond acceptors (Lipinski definition) is 0. The Morgan fingerprint density at radius 3 is 2.47 bits per heavy atom. The molecule has 0 N–H and O–H groups in total. The average molecular weight is 258 g/mol. The van der Waals surface area contributed by atoms with Crippen molar-refractivity contribution < 1.29 is 0 Å². The first kappa shape index (κ1) is 16.0. The Morgan fingerprint density at radius 1 is 1.26 bits per heavy atom. The Labute approximate surface area is 120 Å². The van der Waals surface area contributed by atoms with Gasteiger partial charge >= 0.3 is 0 Å². The predicted octanol–water partition coefficient (Wildman–Crippen LogP) is 6.37. The molecule has 1 atom stereocenters. The van der Waals surface area contributed by atoms with Crippen LogP contribution in [-0.2, 0) is 0 Å². The second-order valence-electron chi connectivity index (χ2n) is 6.26. The molecule has 0 saturated carbocycles. The van der Waals surface area contributed by atoms with Crippen LogP contribution < -0.4 is 0 Å². The Morgan fingerprint density at radius 2 is 1.95 bits per heavy atom. The van der Waals surface area contributed by atoms with Crippen LogP contribution in [0, 0.1) is 5.92 Å². The maximum Gasteiger partial charge on any atom is -0.0202 e. The van der Waals surface area contributed by atoms with Gasteiger partial charge in [-0.15, -0.1) is 0 Å². The van der Waals surface area contributed by atoms with E-state index in [0.29, 0.717) is 0 Å². The van der Waals surface area contributed by atoms with E-state index in [1.807, 2.05) is 0 Å². The molecule has 106 valence electrons. The molecular weight excluding hydrogens is 228 g/mol. The largest absolute Gasteiger partial charge is 0.0955 e. The Bertz CT molecular complexity index is 411. The SMILES string of the molecule is C=C(C)C(=CC=C(C)C)C1=C(C)CCC(CCC)C1. The van der Waals surface area contributed by atoms with Gasteiger partial charge in [0, 0.05) is 0 Å². The summed E-state index contributed by atoms with van der Waals surface area (Å²) in [5.74, 6) is 0.873. The fourth-order valence-corrected chi connectivity index (χ4v) is 2.88. The van der Waals surface area contributed by atoms with Crippen LogP contribution >= 0.6 is 0 Å². The van der Waals surface area contributed by atoms with Crippen molar-refractivity contribution in [1.29, 1.82) is 0 Å². The van der Waals surface area contributed by atoms with Gasteiger partial charge in [-0.25, -0.2) is 0 Å². The molecule has 0 aliphatic heterocycles. The number of rotatable bonds is 5. The highest BCUT2D eigenvalue weighted by Gasteiger charge is 2.20. The molecule has 0 bridgehead atoms. The first-order valence-corrected chi connectivity index (χ1v) is 7.65. The summed E-state index contributed by atoms with van der Waals surface area (Å²) < 4.78 is 0. The Balaban J connectivity index is 3.04. The summed E-state index contributed by atoms with van der Waals surface area (Å²) in [6.07, 6.45) is 11.0. The van der Waals surface area contributed by atoms with Crippen molar-refractivity contribution in [2.75, 3.05) is 0 Å². The molecular formula is C19H30. The van der Waals surface area contributed by atoms with Crippen LogP contribution in [0.3, 0.4) is 0 Å². The van der Waals surface area contributed by atoms with E-state index in [0.717, 1.165) is 5.92 Å². The maximum atomic E-state index is 4.18. The lowest BCUT2D eigenvalue weighted by Crippen LogP contribution is -2.11. The average Bonchev–Trinajstić information content (AvgIpc) is 2.32. The van der Waals surface area contributed by atoms with Crippen LogP contribution in [-0.4, -0.2) is 0 Å². The fraction of sp³-hybridized carbons (Fsp3) is 0.579. The molecule has 0 radical (unpaired) electrons. The molecule has 0 spiro atoms. The molecule has 0 nitrogen and oxygen atoms in total. The zero-order valence-corrected chi connectivity index (χ0v) is 13.5. The van der Waals surface area contributed by atoms with Crippen molar-refractivity contribution in [3.8, 4) is 0 Å². The van der Waals surface area contributed by atoms with Crippen molar-refractivity contribution in [3.05, 3.63) is 46.6 Å². The van der Waals surface area contributed by atoms with Gasteiger partial charge in [0.05, 0.1) is 0 Å². The molecule has 1 aliphatic rings. The third-order valence-electron chi connectivity index (χ3n) is 4.00. The molecule has 0 amide bonds. The lowest BCUT2D eigenvalue weighted by Gasteiger charge is -2.27. The van der Waals surface area contributed by atoms with Crippen LogP contribution in [0.15, 0.2) is 46.6 Å². The monoisotopic (exact) mass is 258 g/mol. The van der Waals surface area contributed by atoms with E-state index in [4.69, 9.17) is 0 Å². The zero-order valence-electron chi connectivity index (χ0n) is 13.5. The predicted molar refractivity (Wildman–Crippen MR) is 87.3 cm³/mol. The third-order valence-corrected chi connectivity index (χ3v) is 4.00. The number of hydrogen-bond donors (Lipinski definition) is 0. The topological polar surface area (TPSA) is 0 Å². The van der Waals surface area contributed by atoms with Crippen molar-refractivity contribution >= 4 is 0 Å². The molecule has 0 fully saturated rings. The van der Waals surface area contributed by atoms with Crippen molar-refractivity contribution in [3.63, 3.8) is 0 Å². The van der Waals surface area contributed by atoms with E-state index >= 15 is 0 Å². The second kappa shape index (κ2) is 7.53. The molecule has 1 unspecified atom stereocenters. The normalized spacial score (nSPS) is 20.5. The minimum absolute atomic E-state index is 0.873. The molecule has 19 heavy (non-hydrogen) atoms. The van der Waals surface area contributed by atoms with Crippen LogP contribution in [0.1, 0.15) is 66.7 Å². The van der Waals surface area contributed by atoms with Crippen molar-refractivity contribution in [2.45, 2.75) is 66.7 Å². The van der Waals surface area contributed by atoms with Gasteiger partial charge in [-0.05, 0) is 64.0 Å². The minimum atomic E-state index is 0.873. The molecule has 1 rings (SSSR count). The van der Waals surface area contributed by atoms with Crippen molar-refractivity contribution in [2.24, 2.45) is 5.92 Å². The van der Waals surface area contributed by atoms with E-state index in [2.05, 4.69) is 53.3 Å². The van der Waals surface area contributed by atoms with E-state index in [-0.39, 0.29) is 0 Å². The van der Waals surface area contributed by atoms with E-state index in [1.165, 1.54) is 48.8 Å². The van der Waals surface area contributed by atoms with Gasteiger partial charge in [0.2, 0.25) is 0 Å². The summed E-state index contributed by atoms with van der Waals surface area (Å²) in [6, 6.07) is 0. The molecule has 0 saturated heterocycles. The maximum absolute atomic E-state index is 4.18. The molecule has 0 aromatic rings. The summed E-state index contributed by atoms with van der Waals surface area (Å²) in [4.78, 5) is 0. The quantitative estimate of drug-likeness (QED) is 0.502. The minimum Gasteiger partial charge on any atom is -0.0955 e. The molecule has 0 aromatic heterocycles. The summed E-state index contributed by atoms with van der Waals surface area (Å²) >= 11 is 0. The molecule has 0 aromatic carbocycles. The van der Waals surface area contributed by atoms with Gasteiger partial charge in [-0.2, -0.15) is 0 Å².